The number of likely N-dealkylation sites (N-methyl/N-ethyl adjacent to an activating group) is 1. The predicted octanol–water partition coefficient (Wildman–Crippen LogP) is 3.01. The molecule has 2 N–H and O–H groups in total. The Bertz CT molecular complexity index is 394. The Labute approximate surface area is 125 Å². The molecule has 0 aliphatic carbocycles. The van der Waals surface area contributed by atoms with Crippen LogP contribution in [-0.2, 0) is 6.54 Å². The first-order chi connectivity index (χ1) is 8.90. The smallest absolute Gasteiger partial charge is 0.0686 e. The van der Waals surface area contributed by atoms with Crippen LogP contribution in [0.5, 0.6) is 0 Å². The van der Waals surface area contributed by atoms with Gasteiger partial charge in [-0.25, -0.2) is 0 Å². The normalized spacial score (nSPS) is 12.8. The minimum absolute atomic E-state index is 0.323. The van der Waals surface area contributed by atoms with Gasteiger partial charge in [-0.05, 0) is 37.1 Å². The lowest BCUT2D eigenvalue weighted by molar-refractivity contribution is 0.201. The molecule has 0 radical (unpaired) electrons. The van der Waals surface area contributed by atoms with E-state index < -0.39 is 0 Å². The van der Waals surface area contributed by atoms with Crippen molar-refractivity contribution in [2.24, 2.45) is 5.92 Å². The summed E-state index contributed by atoms with van der Waals surface area (Å²) in [6.45, 7) is 8.74. The van der Waals surface area contributed by atoms with Gasteiger partial charge in [0.25, 0.3) is 0 Å². The van der Waals surface area contributed by atoms with Crippen LogP contribution in [0.15, 0.2) is 22.7 Å². The van der Waals surface area contributed by atoms with Gasteiger partial charge in [-0.15, -0.1) is 0 Å². The Hall–Kier alpha value is -0.580. The minimum atomic E-state index is -0.323. The number of anilines is 1. The second kappa shape index (κ2) is 7.88. The van der Waals surface area contributed by atoms with Gasteiger partial charge in [-0.2, -0.15) is 0 Å². The van der Waals surface area contributed by atoms with Crippen LogP contribution in [-0.4, -0.2) is 31.3 Å². The third-order valence-electron chi connectivity index (χ3n) is 2.88. The van der Waals surface area contributed by atoms with Gasteiger partial charge >= 0.3 is 0 Å². The largest absolute Gasteiger partial charge is 0.392 e. The van der Waals surface area contributed by atoms with E-state index in [-0.39, 0.29) is 6.10 Å². The highest BCUT2D eigenvalue weighted by Gasteiger charge is 2.07. The fourth-order valence-electron chi connectivity index (χ4n) is 1.91. The van der Waals surface area contributed by atoms with E-state index in [0.29, 0.717) is 12.5 Å². The zero-order chi connectivity index (χ0) is 14.4. The summed E-state index contributed by atoms with van der Waals surface area (Å²) < 4.78 is 1.11. The van der Waals surface area contributed by atoms with E-state index in [2.05, 4.69) is 58.2 Å². The van der Waals surface area contributed by atoms with E-state index in [1.54, 1.807) is 6.92 Å². The Morgan fingerprint density at radius 2 is 2.00 bits per heavy atom. The molecule has 0 saturated carbocycles. The molecule has 1 aromatic rings. The summed E-state index contributed by atoms with van der Waals surface area (Å²) >= 11 is 3.62. The molecule has 3 nitrogen and oxygen atoms in total. The minimum Gasteiger partial charge on any atom is -0.392 e. The average molecular weight is 329 g/mol. The molecule has 19 heavy (non-hydrogen) atoms. The van der Waals surface area contributed by atoms with Crippen LogP contribution in [0.4, 0.5) is 5.69 Å². The highest BCUT2D eigenvalue weighted by Crippen LogP contribution is 2.23. The van der Waals surface area contributed by atoms with Crippen LogP contribution in [0.2, 0.25) is 0 Å². The van der Waals surface area contributed by atoms with Crippen LogP contribution in [0.3, 0.4) is 0 Å². The molecule has 1 atom stereocenters. The molecule has 0 bridgehead atoms. The Kier molecular flexibility index (Phi) is 6.83. The zero-order valence-electron chi connectivity index (χ0n) is 12.3. The molecule has 4 heteroatoms. The maximum atomic E-state index is 9.41. The van der Waals surface area contributed by atoms with Gasteiger partial charge in [0, 0.05) is 30.3 Å². The predicted molar refractivity (Wildman–Crippen MR) is 85.6 cm³/mol. The second-order valence-electron chi connectivity index (χ2n) is 5.53. The summed E-state index contributed by atoms with van der Waals surface area (Å²) in [4.78, 5) is 2.06. The molecule has 108 valence electrons. The van der Waals surface area contributed by atoms with E-state index in [1.165, 1.54) is 5.56 Å². The second-order valence-corrected chi connectivity index (χ2v) is 6.38. The Morgan fingerprint density at radius 3 is 2.53 bits per heavy atom. The Morgan fingerprint density at radius 1 is 1.32 bits per heavy atom. The lowest BCUT2D eigenvalue weighted by atomic mass is 10.1. The molecule has 0 aliphatic heterocycles. The van der Waals surface area contributed by atoms with Gasteiger partial charge < -0.3 is 15.3 Å². The topological polar surface area (TPSA) is 35.5 Å². The van der Waals surface area contributed by atoms with E-state index in [4.69, 9.17) is 0 Å². The molecule has 1 aromatic carbocycles. The van der Waals surface area contributed by atoms with Crippen LogP contribution in [0, 0.1) is 5.92 Å². The van der Waals surface area contributed by atoms with Crippen molar-refractivity contribution in [2.45, 2.75) is 33.4 Å². The summed E-state index contributed by atoms with van der Waals surface area (Å²) in [6, 6.07) is 6.33. The third-order valence-corrected chi connectivity index (χ3v) is 3.62. The van der Waals surface area contributed by atoms with Crippen LogP contribution < -0.4 is 10.2 Å². The molecule has 0 aliphatic rings. The summed E-state index contributed by atoms with van der Waals surface area (Å²) in [7, 11) is 1.99. The maximum Gasteiger partial charge on any atom is 0.0686 e. The fourth-order valence-corrected chi connectivity index (χ4v) is 2.42. The van der Waals surface area contributed by atoms with E-state index in [9.17, 15) is 5.11 Å². The fraction of sp³-hybridized carbons (Fsp3) is 0.600. The molecule has 0 fully saturated rings. The number of aliphatic hydroxyl groups is 1. The maximum absolute atomic E-state index is 9.41. The van der Waals surface area contributed by atoms with Crippen molar-refractivity contribution in [2.75, 3.05) is 25.0 Å². The summed E-state index contributed by atoms with van der Waals surface area (Å²) in [6.07, 6.45) is -0.323. The summed E-state index contributed by atoms with van der Waals surface area (Å²) in [5.41, 5.74) is 2.37. The SMILES string of the molecule is CC(C)CNCc1ccc(N(C)CC(C)O)cc1Br. The van der Waals surface area contributed by atoms with E-state index in [1.807, 2.05) is 7.05 Å². The molecule has 0 aromatic heterocycles. The van der Waals surface area contributed by atoms with Crippen LogP contribution >= 0.6 is 15.9 Å². The molecule has 1 rings (SSSR count). The van der Waals surface area contributed by atoms with Crippen LogP contribution in [0.1, 0.15) is 26.3 Å². The van der Waals surface area contributed by atoms with Crippen molar-refractivity contribution in [3.8, 4) is 0 Å². The third kappa shape index (κ3) is 5.93. The van der Waals surface area contributed by atoms with E-state index in [0.717, 1.165) is 23.2 Å². The van der Waals surface area contributed by atoms with Crippen LogP contribution in [0.25, 0.3) is 0 Å². The van der Waals surface area contributed by atoms with Crippen molar-refractivity contribution >= 4 is 21.6 Å². The molecule has 0 saturated heterocycles. The molecule has 0 amide bonds. The number of benzene rings is 1. The summed E-state index contributed by atoms with van der Waals surface area (Å²) in [5.74, 6) is 0.662. The van der Waals surface area contributed by atoms with Crippen molar-refractivity contribution in [3.63, 3.8) is 0 Å². The number of hydrogen-bond acceptors (Lipinski definition) is 3. The highest BCUT2D eigenvalue weighted by molar-refractivity contribution is 9.10. The molecular weight excluding hydrogens is 304 g/mol. The first-order valence-corrected chi connectivity index (χ1v) is 7.57. The number of halogens is 1. The van der Waals surface area contributed by atoms with E-state index >= 15 is 0 Å². The van der Waals surface area contributed by atoms with Crippen molar-refractivity contribution in [3.05, 3.63) is 28.2 Å². The molecule has 1 unspecified atom stereocenters. The summed E-state index contributed by atoms with van der Waals surface area (Å²) in [5, 5.41) is 12.9. The highest BCUT2D eigenvalue weighted by atomic mass is 79.9. The monoisotopic (exact) mass is 328 g/mol. The average Bonchev–Trinajstić information content (AvgIpc) is 2.29. The van der Waals surface area contributed by atoms with Gasteiger partial charge in [-0.1, -0.05) is 35.8 Å². The van der Waals surface area contributed by atoms with Gasteiger partial charge in [0.05, 0.1) is 6.10 Å². The van der Waals surface area contributed by atoms with Gasteiger partial charge in [0.1, 0.15) is 0 Å². The lowest BCUT2D eigenvalue weighted by Gasteiger charge is -2.22. The van der Waals surface area contributed by atoms with Crippen molar-refractivity contribution < 1.29 is 5.11 Å². The number of nitrogens with one attached hydrogen (secondary N) is 1. The van der Waals surface area contributed by atoms with Gasteiger partial charge in [0.2, 0.25) is 0 Å². The molecular formula is C15H25BrN2O. The van der Waals surface area contributed by atoms with Gasteiger partial charge in [-0.3, -0.25) is 0 Å². The van der Waals surface area contributed by atoms with Crippen molar-refractivity contribution in [1.82, 2.24) is 5.32 Å². The Balaban J connectivity index is 2.63. The quantitative estimate of drug-likeness (QED) is 0.807. The number of rotatable bonds is 7. The first-order valence-electron chi connectivity index (χ1n) is 6.78. The number of hydrogen-bond donors (Lipinski definition) is 2. The molecule has 0 spiro atoms. The lowest BCUT2D eigenvalue weighted by Crippen LogP contribution is -2.26. The van der Waals surface area contributed by atoms with Gasteiger partial charge in [0.15, 0.2) is 0 Å². The standard InChI is InChI=1S/C15H25BrN2O/c1-11(2)8-17-9-13-5-6-14(7-15(13)16)18(4)10-12(3)19/h5-7,11-12,17,19H,8-10H2,1-4H3. The number of aliphatic hydroxyl groups excluding tert-OH is 1. The molecule has 0 heterocycles. The zero-order valence-corrected chi connectivity index (χ0v) is 13.9. The number of nitrogens with zero attached hydrogens (tertiary/aromatic N) is 1. The first kappa shape index (κ1) is 16.5. The van der Waals surface area contributed by atoms with Crippen molar-refractivity contribution in [1.29, 1.82) is 0 Å².